The zero-order valence-corrected chi connectivity index (χ0v) is 14.4. The Bertz CT molecular complexity index is 666. The number of sulfonamides is 1. The third kappa shape index (κ3) is 3.94. The van der Waals surface area contributed by atoms with Crippen LogP contribution in [0.25, 0.3) is 0 Å². The number of rotatable bonds is 5. The van der Waals surface area contributed by atoms with Gasteiger partial charge in [0.25, 0.3) is 0 Å². The molecule has 1 aromatic carbocycles. The fourth-order valence-electron chi connectivity index (χ4n) is 2.65. The lowest BCUT2D eigenvalue weighted by molar-refractivity contribution is -0.119. The van der Waals surface area contributed by atoms with Gasteiger partial charge in [-0.3, -0.25) is 4.79 Å². The molecule has 128 valence electrons. The third-order valence-electron chi connectivity index (χ3n) is 3.85. The Balaban J connectivity index is 2.21. The second-order valence-electron chi connectivity index (χ2n) is 5.40. The third-order valence-corrected chi connectivity index (χ3v) is 5.77. The topological polar surface area (TPSA) is 84.9 Å². The average molecular weight is 342 g/mol. The molecule has 1 fully saturated rings. The second-order valence-corrected chi connectivity index (χ2v) is 7.30. The lowest BCUT2D eigenvalue weighted by Gasteiger charge is -2.31. The van der Waals surface area contributed by atoms with Crippen LogP contribution in [0.15, 0.2) is 23.1 Å². The fraction of sp³-hybridized carbons (Fsp3) is 0.533. The molecule has 0 saturated carbocycles. The summed E-state index contributed by atoms with van der Waals surface area (Å²) < 4.78 is 37.4. The molecule has 0 atom stereocenters. The number of nitrogens with zero attached hydrogens (tertiary/aromatic N) is 1. The molecule has 0 aliphatic carbocycles. The van der Waals surface area contributed by atoms with Gasteiger partial charge in [0.1, 0.15) is 16.4 Å². The molecular weight excluding hydrogens is 320 g/mol. The molecule has 1 N–H and O–H groups in total. The quantitative estimate of drug-likeness (QED) is 0.863. The lowest BCUT2D eigenvalue weighted by atomic mass is 10.1. The predicted molar refractivity (Wildman–Crippen MR) is 85.1 cm³/mol. The smallest absolute Gasteiger partial charge is 0.246 e. The second kappa shape index (κ2) is 7.18. The Morgan fingerprint density at radius 1 is 1.22 bits per heavy atom. The van der Waals surface area contributed by atoms with E-state index in [0.29, 0.717) is 31.7 Å². The molecule has 1 heterocycles. The number of hydrogen-bond acceptors (Lipinski definition) is 5. The molecule has 2 rings (SSSR count). The zero-order chi connectivity index (χ0) is 17.0. The van der Waals surface area contributed by atoms with E-state index in [9.17, 15) is 13.2 Å². The van der Waals surface area contributed by atoms with Crippen molar-refractivity contribution in [3.63, 3.8) is 0 Å². The van der Waals surface area contributed by atoms with Gasteiger partial charge in [0.15, 0.2) is 0 Å². The summed E-state index contributed by atoms with van der Waals surface area (Å²) in [4.78, 5) is 11.2. The minimum atomic E-state index is -3.67. The summed E-state index contributed by atoms with van der Waals surface area (Å²) >= 11 is 0. The molecule has 1 aromatic rings. The largest absolute Gasteiger partial charge is 0.497 e. The Kier molecular flexibility index (Phi) is 5.48. The maximum Gasteiger partial charge on any atom is 0.246 e. The van der Waals surface area contributed by atoms with Gasteiger partial charge in [-0.25, -0.2) is 8.42 Å². The van der Waals surface area contributed by atoms with Gasteiger partial charge >= 0.3 is 0 Å². The van der Waals surface area contributed by atoms with Gasteiger partial charge in [0.2, 0.25) is 15.9 Å². The number of ether oxygens (including phenoxy) is 2. The van der Waals surface area contributed by atoms with Crippen LogP contribution < -0.4 is 14.8 Å². The Hall–Kier alpha value is -1.80. The number of nitrogens with one attached hydrogen (secondary N) is 1. The first kappa shape index (κ1) is 17.6. The monoisotopic (exact) mass is 342 g/mol. The van der Waals surface area contributed by atoms with E-state index in [1.165, 1.54) is 31.5 Å². The standard InChI is InChI=1S/C15H22N2O5S/c1-11(18)16-12-6-8-17(9-7-12)23(19,20)15-10-13(21-2)4-5-14(15)22-3/h4-5,10,12H,6-9H2,1-3H3,(H,16,18). The zero-order valence-electron chi connectivity index (χ0n) is 13.5. The van der Waals surface area contributed by atoms with Crippen LogP contribution in [0.5, 0.6) is 11.5 Å². The summed E-state index contributed by atoms with van der Waals surface area (Å²) in [5.41, 5.74) is 0. The van der Waals surface area contributed by atoms with Crippen LogP contribution in [0.1, 0.15) is 19.8 Å². The van der Waals surface area contributed by atoms with Crippen molar-refractivity contribution in [1.29, 1.82) is 0 Å². The number of carbonyl (C=O) groups excluding carboxylic acids is 1. The minimum Gasteiger partial charge on any atom is -0.497 e. The molecule has 8 heteroatoms. The first-order valence-corrected chi connectivity index (χ1v) is 8.81. The van der Waals surface area contributed by atoms with Crippen molar-refractivity contribution in [1.82, 2.24) is 9.62 Å². The highest BCUT2D eigenvalue weighted by molar-refractivity contribution is 7.89. The molecule has 1 aliphatic heterocycles. The van der Waals surface area contributed by atoms with Crippen molar-refractivity contribution in [3.8, 4) is 11.5 Å². The Labute approximate surface area is 136 Å². The van der Waals surface area contributed by atoms with Crippen LogP contribution in [0.4, 0.5) is 0 Å². The Morgan fingerprint density at radius 3 is 2.39 bits per heavy atom. The lowest BCUT2D eigenvalue weighted by Crippen LogP contribution is -2.46. The maximum atomic E-state index is 12.9. The molecule has 0 aromatic heterocycles. The van der Waals surface area contributed by atoms with Crippen molar-refractivity contribution >= 4 is 15.9 Å². The minimum absolute atomic E-state index is 0.0196. The van der Waals surface area contributed by atoms with Crippen LogP contribution in [0, 0.1) is 0 Å². The predicted octanol–water partition coefficient (Wildman–Crippen LogP) is 0.993. The van der Waals surface area contributed by atoms with Crippen molar-refractivity contribution < 1.29 is 22.7 Å². The van der Waals surface area contributed by atoms with Gasteiger partial charge in [0, 0.05) is 32.1 Å². The summed E-state index contributed by atoms with van der Waals surface area (Å²) in [6.07, 6.45) is 1.18. The molecule has 0 unspecified atom stereocenters. The van der Waals surface area contributed by atoms with Crippen molar-refractivity contribution in [2.45, 2.75) is 30.7 Å². The molecular formula is C15H22N2O5S. The summed E-state index contributed by atoms with van der Waals surface area (Å²) in [6, 6.07) is 4.72. The van der Waals surface area contributed by atoms with Gasteiger partial charge < -0.3 is 14.8 Å². The molecule has 0 radical (unpaired) electrons. The highest BCUT2D eigenvalue weighted by Crippen LogP contribution is 2.31. The number of methoxy groups -OCH3 is 2. The van der Waals surface area contributed by atoms with Crippen molar-refractivity contribution in [2.75, 3.05) is 27.3 Å². The molecule has 23 heavy (non-hydrogen) atoms. The van der Waals surface area contributed by atoms with Gasteiger partial charge in [0.05, 0.1) is 14.2 Å². The van der Waals surface area contributed by atoms with Crippen molar-refractivity contribution in [2.24, 2.45) is 0 Å². The molecule has 1 aliphatic rings. The first-order valence-electron chi connectivity index (χ1n) is 7.37. The molecule has 0 spiro atoms. The normalized spacial score (nSPS) is 16.8. The van der Waals surface area contributed by atoms with E-state index in [0.717, 1.165) is 0 Å². The summed E-state index contributed by atoms with van der Waals surface area (Å²) in [5, 5.41) is 2.83. The highest BCUT2D eigenvalue weighted by Gasteiger charge is 2.32. The first-order chi connectivity index (χ1) is 10.9. The van der Waals surface area contributed by atoms with E-state index in [1.807, 2.05) is 0 Å². The number of carbonyl (C=O) groups is 1. The van der Waals surface area contributed by atoms with E-state index in [4.69, 9.17) is 9.47 Å². The van der Waals surface area contributed by atoms with Crippen LogP contribution in [-0.4, -0.2) is 52.0 Å². The maximum absolute atomic E-state index is 12.9. The summed E-state index contributed by atoms with van der Waals surface area (Å²) in [5.74, 6) is 0.646. The number of hydrogen-bond donors (Lipinski definition) is 1. The van der Waals surface area contributed by atoms with Gasteiger partial charge in [-0.1, -0.05) is 0 Å². The SMILES string of the molecule is COc1ccc(OC)c(S(=O)(=O)N2CCC(NC(C)=O)CC2)c1. The van der Waals surface area contributed by atoms with E-state index in [2.05, 4.69) is 5.32 Å². The van der Waals surface area contributed by atoms with E-state index >= 15 is 0 Å². The number of amides is 1. The summed E-state index contributed by atoms with van der Waals surface area (Å²) in [6.45, 7) is 2.17. The molecule has 7 nitrogen and oxygen atoms in total. The van der Waals surface area contributed by atoms with E-state index in [1.54, 1.807) is 12.1 Å². The molecule has 0 bridgehead atoms. The van der Waals surface area contributed by atoms with E-state index < -0.39 is 10.0 Å². The fourth-order valence-corrected chi connectivity index (χ4v) is 4.29. The van der Waals surface area contributed by atoms with E-state index in [-0.39, 0.29) is 22.6 Å². The number of piperidine rings is 1. The van der Waals surface area contributed by atoms with Gasteiger partial charge in [-0.15, -0.1) is 0 Å². The average Bonchev–Trinajstić information content (AvgIpc) is 2.54. The number of benzene rings is 1. The van der Waals surface area contributed by atoms with Crippen LogP contribution in [0.2, 0.25) is 0 Å². The van der Waals surface area contributed by atoms with Crippen LogP contribution in [0.3, 0.4) is 0 Å². The Morgan fingerprint density at radius 2 is 1.87 bits per heavy atom. The summed E-state index contributed by atoms with van der Waals surface area (Å²) in [7, 11) is -0.756. The van der Waals surface area contributed by atoms with Crippen LogP contribution >= 0.6 is 0 Å². The van der Waals surface area contributed by atoms with Gasteiger partial charge in [-0.2, -0.15) is 4.31 Å². The molecule has 1 amide bonds. The van der Waals surface area contributed by atoms with Crippen molar-refractivity contribution in [3.05, 3.63) is 18.2 Å². The molecule has 1 saturated heterocycles. The van der Waals surface area contributed by atoms with Gasteiger partial charge in [-0.05, 0) is 25.0 Å². The highest BCUT2D eigenvalue weighted by atomic mass is 32.2. The van der Waals surface area contributed by atoms with Crippen LogP contribution in [-0.2, 0) is 14.8 Å².